The molecule has 0 spiro atoms. The van der Waals surface area contributed by atoms with Crippen LogP contribution in [-0.2, 0) is 0 Å². The van der Waals surface area contributed by atoms with Crippen LogP contribution in [0.3, 0.4) is 0 Å². The Bertz CT molecular complexity index is 514. The Hall–Kier alpha value is -0.650. The summed E-state index contributed by atoms with van der Waals surface area (Å²) in [6.07, 6.45) is 2.08. The average molecular weight is 364 g/mol. The van der Waals surface area contributed by atoms with Crippen LogP contribution >= 0.6 is 28.3 Å². The molecule has 1 aromatic rings. The van der Waals surface area contributed by atoms with Gasteiger partial charge in [0.05, 0.1) is 5.56 Å². The summed E-state index contributed by atoms with van der Waals surface area (Å²) in [4.78, 5) is 14.2. The number of amides is 1. The summed E-state index contributed by atoms with van der Waals surface area (Å²) in [7, 11) is 0. The summed E-state index contributed by atoms with van der Waals surface area (Å²) in [5.74, 6) is -0.113. The van der Waals surface area contributed by atoms with E-state index in [0.29, 0.717) is 23.0 Å². The van der Waals surface area contributed by atoms with Crippen molar-refractivity contribution in [3.63, 3.8) is 0 Å². The van der Waals surface area contributed by atoms with Gasteiger partial charge in [-0.3, -0.25) is 4.79 Å². The topological polar surface area (TPSA) is 32.3 Å². The summed E-state index contributed by atoms with van der Waals surface area (Å²) in [6, 6.07) is 5.15. The van der Waals surface area contributed by atoms with Crippen LogP contribution in [0.4, 0.5) is 4.39 Å². The van der Waals surface area contributed by atoms with E-state index in [9.17, 15) is 9.18 Å². The van der Waals surface area contributed by atoms with Crippen LogP contribution < -0.4 is 5.32 Å². The number of rotatable bonds is 1. The van der Waals surface area contributed by atoms with E-state index in [1.165, 1.54) is 6.07 Å². The number of halogens is 3. The fourth-order valence-corrected chi connectivity index (χ4v) is 3.40. The average Bonchev–Trinajstić information content (AvgIpc) is 2.85. The molecule has 0 aromatic heterocycles. The zero-order valence-corrected chi connectivity index (χ0v) is 13.3. The minimum Gasteiger partial charge on any atom is -0.338 e. The maximum atomic E-state index is 13.8. The second-order valence-corrected chi connectivity index (χ2v) is 6.19. The number of hydrogen-bond donors (Lipinski definition) is 1. The number of benzene rings is 1. The Labute approximate surface area is 132 Å². The molecule has 2 heterocycles. The lowest BCUT2D eigenvalue weighted by atomic mass is 9.93. The summed E-state index contributed by atoms with van der Waals surface area (Å²) < 4.78 is 14.5. The second-order valence-electron chi connectivity index (χ2n) is 5.27. The van der Waals surface area contributed by atoms with Gasteiger partial charge in [-0.25, -0.2) is 4.39 Å². The summed E-state index contributed by atoms with van der Waals surface area (Å²) >= 11 is 3.21. The molecule has 2 fully saturated rings. The number of carbonyl (C=O) groups is 1. The molecule has 2 aliphatic heterocycles. The molecule has 2 atom stereocenters. The number of likely N-dealkylation sites (tertiary alicyclic amines) is 1. The fourth-order valence-electron chi connectivity index (χ4n) is 3.07. The SMILES string of the molecule is Cl.O=C(c1ccc(Br)cc1F)N1CCC2NCCC2C1. The number of hydrogen-bond acceptors (Lipinski definition) is 2. The molecule has 20 heavy (non-hydrogen) atoms. The van der Waals surface area contributed by atoms with E-state index in [4.69, 9.17) is 0 Å². The Kier molecular flexibility index (Phi) is 5.04. The number of nitrogens with zero attached hydrogens (tertiary/aromatic N) is 1. The first kappa shape index (κ1) is 15.7. The molecule has 2 unspecified atom stereocenters. The van der Waals surface area contributed by atoms with E-state index in [1.54, 1.807) is 17.0 Å². The molecule has 3 rings (SSSR count). The zero-order chi connectivity index (χ0) is 13.4. The van der Waals surface area contributed by atoms with Crippen molar-refractivity contribution in [2.24, 2.45) is 5.92 Å². The van der Waals surface area contributed by atoms with Gasteiger partial charge in [-0.2, -0.15) is 0 Å². The van der Waals surface area contributed by atoms with Gasteiger partial charge < -0.3 is 10.2 Å². The van der Waals surface area contributed by atoms with E-state index < -0.39 is 5.82 Å². The van der Waals surface area contributed by atoms with Crippen molar-refractivity contribution in [1.29, 1.82) is 0 Å². The first-order valence-electron chi connectivity index (χ1n) is 6.63. The lowest BCUT2D eigenvalue weighted by Crippen LogP contribution is -2.47. The Morgan fingerprint density at radius 1 is 1.40 bits per heavy atom. The minimum atomic E-state index is -0.453. The van der Waals surface area contributed by atoms with Crippen molar-refractivity contribution >= 4 is 34.2 Å². The van der Waals surface area contributed by atoms with Crippen LogP contribution in [0.25, 0.3) is 0 Å². The predicted molar refractivity (Wildman–Crippen MR) is 81.8 cm³/mol. The van der Waals surface area contributed by atoms with Crippen LogP contribution in [0.1, 0.15) is 23.2 Å². The van der Waals surface area contributed by atoms with E-state index >= 15 is 0 Å². The van der Waals surface area contributed by atoms with Gasteiger partial charge in [0.15, 0.2) is 0 Å². The number of nitrogens with one attached hydrogen (secondary N) is 1. The maximum Gasteiger partial charge on any atom is 0.256 e. The van der Waals surface area contributed by atoms with E-state index in [0.717, 1.165) is 25.9 Å². The lowest BCUT2D eigenvalue weighted by Gasteiger charge is -2.35. The van der Waals surface area contributed by atoms with Gasteiger partial charge in [-0.05, 0) is 43.5 Å². The molecule has 0 radical (unpaired) electrons. The lowest BCUT2D eigenvalue weighted by molar-refractivity contribution is 0.0657. The summed E-state index contributed by atoms with van der Waals surface area (Å²) in [5, 5.41) is 3.46. The van der Waals surface area contributed by atoms with Gasteiger partial charge in [0.1, 0.15) is 5.82 Å². The predicted octanol–water partition coefficient (Wildman–Crippen LogP) is 2.83. The van der Waals surface area contributed by atoms with Gasteiger partial charge in [0.25, 0.3) is 5.91 Å². The molecule has 1 N–H and O–H groups in total. The number of carbonyl (C=O) groups excluding carboxylic acids is 1. The van der Waals surface area contributed by atoms with Crippen LogP contribution in [0.15, 0.2) is 22.7 Å². The van der Waals surface area contributed by atoms with E-state index in [2.05, 4.69) is 21.2 Å². The van der Waals surface area contributed by atoms with E-state index in [-0.39, 0.29) is 23.9 Å². The number of fused-ring (bicyclic) bond motifs is 1. The monoisotopic (exact) mass is 362 g/mol. The Balaban J connectivity index is 0.00000147. The van der Waals surface area contributed by atoms with Crippen molar-refractivity contribution in [1.82, 2.24) is 10.2 Å². The van der Waals surface area contributed by atoms with Crippen LogP contribution in [0, 0.1) is 11.7 Å². The van der Waals surface area contributed by atoms with Gasteiger partial charge in [0.2, 0.25) is 0 Å². The van der Waals surface area contributed by atoms with Crippen molar-refractivity contribution in [2.45, 2.75) is 18.9 Å². The first-order valence-corrected chi connectivity index (χ1v) is 7.42. The van der Waals surface area contributed by atoms with Crippen LogP contribution in [0.5, 0.6) is 0 Å². The van der Waals surface area contributed by atoms with Crippen molar-refractivity contribution in [3.05, 3.63) is 34.1 Å². The molecule has 2 saturated heterocycles. The fraction of sp³-hybridized carbons (Fsp3) is 0.500. The third kappa shape index (κ3) is 3.00. The van der Waals surface area contributed by atoms with Gasteiger partial charge in [0, 0.05) is 23.6 Å². The molecule has 1 amide bonds. The standard InChI is InChI=1S/C14H16BrFN2O.ClH/c15-10-1-2-11(12(16)7-10)14(19)18-6-4-13-9(8-18)3-5-17-13;/h1-2,7,9,13,17H,3-6,8H2;1H. The summed E-state index contributed by atoms with van der Waals surface area (Å²) in [6.45, 7) is 2.48. The largest absolute Gasteiger partial charge is 0.338 e. The number of piperidine rings is 1. The Morgan fingerprint density at radius 2 is 2.20 bits per heavy atom. The van der Waals surface area contributed by atoms with Crippen molar-refractivity contribution in [3.8, 4) is 0 Å². The molecule has 2 aliphatic rings. The Morgan fingerprint density at radius 3 is 2.95 bits per heavy atom. The second kappa shape index (κ2) is 6.41. The first-order chi connectivity index (χ1) is 9.15. The third-order valence-corrected chi connectivity index (χ3v) is 4.60. The van der Waals surface area contributed by atoms with Gasteiger partial charge in [-0.1, -0.05) is 15.9 Å². The molecule has 1 aromatic carbocycles. The smallest absolute Gasteiger partial charge is 0.256 e. The highest BCUT2D eigenvalue weighted by Gasteiger charge is 2.35. The molecule has 0 aliphatic carbocycles. The zero-order valence-electron chi connectivity index (χ0n) is 10.9. The third-order valence-electron chi connectivity index (χ3n) is 4.10. The summed E-state index contributed by atoms with van der Waals surface area (Å²) in [5.41, 5.74) is 0.174. The molecule has 0 saturated carbocycles. The van der Waals surface area contributed by atoms with Crippen LogP contribution in [0.2, 0.25) is 0 Å². The van der Waals surface area contributed by atoms with Crippen molar-refractivity contribution in [2.75, 3.05) is 19.6 Å². The van der Waals surface area contributed by atoms with E-state index in [1.807, 2.05) is 0 Å². The molecule has 3 nitrogen and oxygen atoms in total. The van der Waals surface area contributed by atoms with Crippen molar-refractivity contribution < 1.29 is 9.18 Å². The molecular weight excluding hydrogens is 347 g/mol. The maximum absolute atomic E-state index is 13.8. The van der Waals surface area contributed by atoms with Gasteiger partial charge >= 0.3 is 0 Å². The highest BCUT2D eigenvalue weighted by Crippen LogP contribution is 2.26. The highest BCUT2D eigenvalue weighted by atomic mass is 79.9. The van der Waals surface area contributed by atoms with Crippen LogP contribution in [-0.4, -0.2) is 36.5 Å². The highest BCUT2D eigenvalue weighted by molar-refractivity contribution is 9.10. The molecular formula is C14H17BrClFN2O. The normalized spacial score (nSPS) is 25.0. The quantitative estimate of drug-likeness (QED) is 0.832. The minimum absolute atomic E-state index is 0. The molecule has 0 bridgehead atoms. The molecule has 6 heteroatoms. The van der Waals surface area contributed by atoms with Gasteiger partial charge in [-0.15, -0.1) is 12.4 Å². The molecule has 110 valence electrons.